The molecule has 0 saturated carbocycles. The summed E-state index contributed by atoms with van der Waals surface area (Å²) in [7, 11) is 1.60. The first-order chi connectivity index (χ1) is 11.7. The van der Waals surface area contributed by atoms with Gasteiger partial charge in [-0.3, -0.25) is 4.90 Å². The van der Waals surface area contributed by atoms with E-state index in [1.807, 2.05) is 18.2 Å². The van der Waals surface area contributed by atoms with Gasteiger partial charge in [-0.25, -0.2) is 0 Å². The molecule has 1 N–H and O–H groups in total. The van der Waals surface area contributed by atoms with Crippen molar-refractivity contribution in [1.29, 1.82) is 0 Å². The van der Waals surface area contributed by atoms with Crippen molar-refractivity contribution in [2.24, 2.45) is 0 Å². The molecule has 0 aliphatic carbocycles. The van der Waals surface area contributed by atoms with Crippen molar-refractivity contribution in [1.82, 2.24) is 4.90 Å². The molecule has 132 valence electrons. The van der Waals surface area contributed by atoms with Crippen molar-refractivity contribution in [3.05, 3.63) is 46.5 Å². The van der Waals surface area contributed by atoms with Gasteiger partial charge in [-0.05, 0) is 47.7 Å². The molecule has 0 unspecified atom stereocenters. The van der Waals surface area contributed by atoms with Gasteiger partial charge in [-0.2, -0.15) is 0 Å². The van der Waals surface area contributed by atoms with Crippen molar-refractivity contribution >= 4 is 12.4 Å². The second-order valence-corrected chi connectivity index (χ2v) is 6.60. The van der Waals surface area contributed by atoms with E-state index in [0.29, 0.717) is 18.6 Å². The van der Waals surface area contributed by atoms with E-state index >= 15 is 0 Å². The molecule has 0 radical (unpaired) electrons. The Morgan fingerprint density at radius 2 is 2.08 bits per heavy atom. The summed E-state index contributed by atoms with van der Waals surface area (Å²) < 4.78 is 16.5. The number of hydrogen-bond acceptors (Lipinski definition) is 5. The molecule has 3 heterocycles. The van der Waals surface area contributed by atoms with Crippen LogP contribution in [0.3, 0.4) is 0 Å². The van der Waals surface area contributed by atoms with E-state index in [1.165, 1.54) is 22.3 Å². The zero-order valence-electron chi connectivity index (χ0n) is 13.9. The zero-order valence-corrected chi connectivity index (χ0v) is 14.8. The van der Waals surface area contributed by atoms with Gasteiger partial charge in [0.2, 0.25) is 6.79 Å². The van der Waals surface area contributed by atoms with E-state index in [4.69, 9.17) is 14.2 Å². The van der Waals surface area contributed by atoms with Crippen LogP contribution in [0, 0.1) is 0 Å². The quantitative estimate of drug-likeness (QED) is 0.845. The molecule has 0 fully saturated rings. The Labute approximate surface area is 152 Å². The number of benzene rings is 2. The molecular weight excluding hydrogens is 342 g/mol. The predicted octanol–water partition coefficient (Wildman–Crippen LogP) is 3.21. The highest BCUT2D eigenvalue weighted by atomic mass is 35.5. The summed E-state index contributed by atoms with van der Waals surface area (Å²) in [5, 5.41) is 10.1. The Hall–Kier alpha value is -2.11. The largest absolute Gasteiger partial charge is 0.504 e. The van der Waals surface area contributed by atoms with E-state index in [0.717, 1.165) is 37.4 Å². The summed E-state index contributed by atoms with van der Waals surface area (Å²) in [6.07, 6.45) is 1.87. The number of hydrogen-bond donors (Lipinski definition) is 1. The van der Waals surface area contributed by atoms with Crippen molar-refractivity contribution < 1.29 is 19.3 Å². The van der Waals surface area contributed by atoms with Gasteiger partial charge in [0.25, 0.3) is 0 Å². The van der Waals surface area contributed by atoms with Crippen LogP contribution in [0.5, 0.6) is 23.0 Å². The Morgan fingerprint density at radius 1 is 1.20 bits per heavy atom. The van der Waals surface area contributed by atoms with Gasteiger partial charge in [0.15, 0.2) is 23.0 Å². The lowest BCUT2D eigenvalue weighted by atomic mass is 9.83. The van der Waals surface area contributed by atoms with Crippen LogP contribution in [-0.2, 0) is 19.4 Å². The minimum absolute atomic E-state index is 0. The molecular formula is C19H20ClNO4. The maximum Gasteiger partial charge on any atom is 0.231 e. The first kappa shape index (κ1) is 16.4. The SMILES string of the molecule is COc1cc2c(cc1O)CCN1Cc3c(ccc4c3OCO4)C[C@@H]21.Cl. The van der Waals surface area contributed by atoms with Crippen LogP contribution in [0.2, 0.25) is 0 Å². The fraction of sp³-hybridized carbons (Fsp3) is 0.368. The molecule has 5 rings (SSSR count). The average molecular weight is 362 g/mol. The monoisotopic (exact) mass is 361 g/mol. The van der Waals surface area contributed by atoms with Crippen LogP contribution in [0.25, 0.3) is 0 Å². The molecule has 2 aromatic rings. The van der Waals surface area contributed by atoms with E-state index in [1.54, 1.807) is 7.11 Å². The molecule has 0 amide bonds. The number of ether oxygens (including phenoxy) is 3. The molecule has 2 aromatic carbocycles. The van der Waals surface area contributed by atoms with Gasteiger partial charge >= 0.3 is 0 Å². The Balaban J connectivity index is 0.00000157. The molecule has 3 aliphatic heterocycles. The predicted molar refractivity (Wildman–Crippen MR) is 95.0 cm³/mol. The fourth-order valence-electron chi connectivity index (χ4n) is 4.21. The van der Waals surface area contributed by atoms with E-state index in [2.05, 4.69) is 11.0 Å². The number of halogens is 1. The Morgan fingerprint density at radius 3 is 2.92 bits per heavy atom. The Bertz CT molecular complexity index is 839. The number of methoxy groups -OCH3 is 1. The standard InChI is InChI=1S/C19H19NO4.ClH/c1-22-18-8-13-12(7-16(18)21)4-5-20-9-14-11(6-15(13)20)2-3-17-19(14)24-10-23-17;/h2-3,7-8,15,21H,4-6,9-10H2,1H3;1H/t15-;/m0./s1. The average Bonchev–Trinajstić information content (AvgIpc) is 3.08. The summed E-state index contributed by atoms with van der Waals surface area (Å²) in [5.74, 6) is 2.55. The first-order valence-electron chi connectivity index (χ1n) is 8.29. The third-order valence-electron chi connectivity index (χ3n) is 5.42. The first-order valence-corrected chi connectivity index (χ1v) is 8.29. The highest BCUT2D eigenvalue weighted by molar-refractivity contribution is 5.85. The van der Waals surface area contributed by atoms with Gasteiger partial charge in [-0.1, -0.05) is 6.07 Å². The summed E-state index contributed by atoms with van der Waals surface area (Å²) in [5.41, 5.74) is 5.06. The fourth-order valence-corrected chi connectivity index (χ4v) is 4.21. The molecule has 0 spiro atoms. The lowest BCUT2D eigenvalue weighted by Crippen LogP contribution is -2.39. The van der Waals surface area contributed by atoms with E-state index < -0.39 is 0 Å². The minimum atomic E-state index is 0. The van der Waals surface area contributed by atoms with Crippen molar-refractivity contribution in [2.75, 3.05) is 20.4 Å². The summed E-state index contributed by atoms with van der Waals surface area (Å²) in [6, 6.07) is 8.35. The van der Waals surface area contributed by atoms with Crippen molar-refractivity contribution in [3.8, 4) is 23.0 Å². The molecule has 0 saturated heterocycles. The molecule has 1 atom stereocenters. The lowest BCUT2D eigenvalue weighted by molar-refractivity contribution is 0.151. The lowest BCUT2D eigenvalue weighted by Gasteiger charge is -2.41. The number of phenols is 1. The molecule has 3 aliphatic rings. The highest BCUT2D eigenvalue weighted by Gasteiger charge is 2.35. The third-order valence-corrected chi connectivity index (χ3v) is 5.42. The second kappa shape index (κ2) is 6.00. The smallest absolute Gasteiger partial charge is 0.231 e. The van der Waals surface area contributed by atoms with Gasteiger partial charge in [0, 0.05) is 24.7 Å². The summed E-state index contributed by atoms with van der Waals surface area (Å²) in [4.78, 5) is 2.49. The maximum atomic E-state index is 10.1. The third kappa shape index (κ3) is 2.41. The zero-order chi connectivity index (χ0) is 16.3. The highest BCUT2D eigenvalue weighted by Crippen LogP contribution is 2.46. The van der Waals surface area contributed by atoms with Gasteiger partial charge in [0.05, 0.1) is 7.11 Å². The number of nitrogens with zero attached hydrogens (tertiary/aromatic N) is 1. The molecule has 6 heteroatoms. The van der Waals surface area contributed by atoms with Gasteiger partial charge in [-0.15, -0.1) is 12.4 Å². The molecule has 5 nitrogen and oxygen atoms in total. The summed E-state index contributed by atoms with van der Waals surface area (Å²) in [6.45, 7) is 2.16. The van der Waals surface area contributed by atoms with Crippen molar-refractivity contribution in [3.63, 3.8) is 0 Å². The van der Waals surface area contributed by atoms with Crippen LogP contribution in [0.1, 0.15) is 28.3 Å². The topological polar surface area (TPSA) is 51.2 Å². The van der Waals surface area contributed by atoms with Crippen LogP contribution in [0.15, 0.2) is 24.3 Å². The minimum Gasteiger partial charge on any atom is -0.504 e. The number of rotatable bonds is 1. The normalized spacial score (nSPS) is 20.1. The molecule has 0 bridgehead atoms. The van der Waals surface area contributed by atoms with E-state index in [9.17, 15) is 5.11 Å². The van der Waals surface area contributed by atoms with Gasteiger partial charge in [0.1, 0.15) is 0 Å². The molecule has 25 heavy (non-hydrogen) atoms. The second-order valence-electron chi connectivity index (χ2n) is 6.60. The summed E-state index contributed by atoms with van der Waals surface area (Å²) >= 11 is 0. The van der Waals surface area contributed by atoms with Crippen LogP contribution in [0.4, 0.5) is 0 Å². The number of aromatic hydroxyl groups is 1. The molecule has 0 aromatic heterocycles. The van der Waals surface area contributed by atoms with Crippen LogP contribution >= 0.6 is 12.4 Å². The van der Waals surface area contributed by atoms with Crippen molar-refractivity contribution in [2.45, 2.75) is 25.4 Å². The van der Waals surface area contributed by atoms with Gasteiger partial charge < -0.3 is 19.3 Å². The maximum absolute atomic E-state index is 10.1. The van der Waals surface area contributed by atoms with Crippen LogP contribution < -0.4 is 14.2 Å². The number of fused-ring (bicyclic) bond motifs is 6. The Kier molecular flexibility index (Phi) is 3.93. The number of phenolic OH excluding ortho intramolecular Hbond substituents is 1. The van der Waals surface area contributed by atoms with Crippen LogP contribution in [-0.4, -0.2) is 30.5 Å². The van der Waals surface area contributed by atoms with E-state index in [-0.39, 0.29) is 18.2 Å².